The fourth-order valence-corrected chi connectivity index (χ4v) is 2.32. The van der Waals surface area contributed by atoms with Gasteiger partial charge >= 0.3 is 6.09 Å². The molecule has 3 rings (SSSR count). The molecule has 0 saturated heterocycles. The molecule has 1 aromatic carbocycles. The van der Waals surface area contributed by atoms with Crippen LogP contribution in [0.15, 0.2) is 12.1 Å². The Morgan fingerprint density at radius 1 is 1.35 bits per heavy atom. The number of rotatable bonds is 4. The first-order valence-corrected chi connectivity index (χ1v) is 7.46. The van der Waals surface area contributed by atoms with Gasteiger partial charge in [-0.25, -0.2) is 4.79 Å². The number of fused-ring (bicyclic) bond motifs is 1. The van der Waals surface area contributed by atoms with Gasteiger partial charge in [0.25, 0.3) is 0 Å². The van der Waals surface area contributed by atoms with Crippen LogP contribution in [0, 0.1) is 0 Å². The molecule has 0 aromatic heterocycles. The van der Waals surface area contributed by atoms with Gasteiger partial charge in [0.2, 0.25) is 0 Å². The molecule has 1 aliphatic carbocycles. The number of hydrogen-bond acceptors (Lipinski definition) is 2. The molecular formula is C15H20ClNO3. The van der Waals surface area contributed by atoms with Crippen LogP contribution in [0.5, 0.6) is 5.75 Å². The van der Waals surface area contributed by atoms with E-state index in [0.717, 1.165) is 35.6 Å². The normalized spacial score (nSPS) is 14.7. The smallest absolute Gasteiger partial charge is 0.404 e. The van der Waals surface area contributed by atoms with E-state index in [2.05, 4.69) is 5.32 Å². The Morgan fingerprint density at radius 3 is 2.75 bits per heavy atom. The van der Waals surface area contributed by atoms with Crippen molar-refractivity contribution in [1.82, 2.24) is 5.32 Å². The van der Waals surface area contributed by atoms with Gasteiger partial charge in [0.1, 0.15) is 5.75 Å². The van der Waals surface area contributed by atoms with E-state index in [0.29, 0.717) is 13.2 Å². The molecule has 1 fully saturated rings. The summed E-state index contributed by atoms with van der Waals surface area (Å²) in [6.45, 7) is 1.15. The Bertz CT molecular complexity index is 472. The van der Waals surface area contributed by atoms with Crippen molar-refractivity contribution in [1.29, 1.82) is 0 Å². The Morgan fingerprint density at radius 2 is 2.10 bits per heavy atom. The molecular weight excluding hydrogens is 278 g/mol. The van der Waals surface area contributed by atoms with Crippen LogP contribution in [0.1, 0.15) is 36.8 Å². The second-order valence-electron chi connectivity index (χ2n) is 5.00. The molecule has 1 amide bonds. The van der Waals surface area contributed by atoms with Crippen LogP contribution in [0.2, 0.25) is 5.02 Å². The third-order valence-corrected chi connectivity index (χ3v) is 3.53. The summed E-state index contributed by atoms with van der Waals surface area (Å²) in [5.74, 6) is 0.913. The number of carboxylic acid groups (broad SMARTS) is 1. The monoisotopic (exact) mass is 297 g/mol. The number of nitrogens with one attached hydrogen (secondary N) is 1. The van der Waals surface area contributed by atoms with Crippen molar-refractivity contribution in [3.63, 3.8) is 0 Å². The van der Waals surface area contributed by atoms with E-state index in [1.165, 1.54) is 24.8 Å². The van der Waals surface area contributed by atoms with Gasteiger partial charge in [-0.05, 0) is 30.5 Å². The molecule has 0 bridgehead atoms. The Hall–Kier alpha value is -1.42. The highest BCUT2D eigenvalue weighted by Crippen LogP contribution is 2.33. The summed E-state index contributed by atoms with van der Waals surface area (Å²) < 4.78 is 5.47. The number of amides is 1. The summed E-state index contributed by atoms with van der Waals surface area (Å²) in [7, 11) is 0. The van der Waals surface area contributed by atoms with Crippen molar-refractivity contribution < 1.29 is 14.6 Å². The van der Waals surface area contributed by atoms with E-state index in [4.69, 9.17) is 21.4 Å². The topological polar surface area (TPSA) is 58.6 Å². The predicted octanol–water partition coefficient (Wildman–Crippen LogP) is 3.65. The van der Waals surface area contributed by atoms with Crippen LogP contribution >= 0.6 is 11.6 Å². The van der Waals surface area contributed by atoms with E-state index in [9.17, 15) is 4.79 Å². The molecule has 2 N–H and O–H groups in total. The lowest BCUT2D eigenvalue weighted by Gasteiger charge is -2.09. The molecule has 0 radical (unpaired) electrons. The van der Waals surface area contributed by atoms with E-state index < -0.39 is 6.09 Å². The maximum absolute atomic E-state index is 10.3. The Kier molecular flexibility index (Phi) is 5.53. The molecule has 1 aromatic rings. The standard InChI is InChI=1S/C12H14ClNO3.C3H6/c13-10-3-4-11-9(5-7-17-11)8(10)2-1-6-14-12(15)16;1-2-3-1/h3-4,14H,1-2,5-7H2,(H,15,16);1-3H2. The van der Waals surface area contributed by atoms with E-state index >= 15 is 0 Å². The third kappa shape index (κ3) is 4.60. The predicted molar refractivity (Wildman–Crippen MR) is 78.9 cm³/mol. The van der Waals surface area contributed by atoms with Crippen LogP contribution in [0.4, 0.5) is 4.79 Å². The van der Waals surface area contributed by atoms with Crippen molar-refractivity contribution >= 4 is 17.7 Å². The number of ether oxygens (including phenoxy) is 1. The number of carbonyl (C=O) groups is 1. The van der Waals surface area contributed by atoms with Crippen LogP contribution in [-0.2, 0) is 12.8 Å². The van der Waals surface area contributed by atoms with Crippen molar-refractivity contribution in [3.05, 3.63) is 28.3 Å². The van der Waals surface area contributed by atoms with Crippen LogP contribution < -0.4 is 10.1 Å². The first-order valence-electron chi connectivity index (χ1n) is 7.08. The molecule has 4 nitrogen and oxygen atoms in total. The van der Waals surface area contributed by atoms with Crippen LogP contribution in [0.3, 0.4) is 0 Å². The molecule has 1 saturated carbocycles. The average molecular weight is 298 g/mol. The summed E-state index contributed by atoms with van der Waals surface area (Å²) in [5.41, 5.74) is 2.27. The Balaban J connectivity index is 0.000000432. The van der Waals surface area contributed by atoms with E-state index in [1.54, 1.807) is 0 Å². The number of hydrogen-bond donors (Lipinski definition) is 2. The molecule has 5 heteroatoms. The van der Waals surface area contributed by atoms with Crippen molar-refractivity contribution in [2.45, 2.75) is 38.5 Å². The van der Waals surface area contributed by atoms with Gasteiger partial charge in [-0.15, -0.1) is 0 Å². The summed E-state index contributed by atoms with van der Waals surface area (Å²) in [6, 6.07) is 3.73. The minimum Gasteiger partial charge on any atom is -0.493 e. The van der Waals surface area contributed by atoms with Crippen molar-refractivity contribution in [3.8, 4) is 5.75 Å². The zero-order valence-electron chi connectivity index (χ0n) is 11.5. The molecule has 0 spiro atoms. The van der Waals surface area contributed by atoms with Gasteiger partial charge in [-0.2, -0.15) is 0 Å². The van der Waals surface area contributed by atoms with E-state index in [1.807, 2.05) is 12.1 Å². The molecule has 20 heavy (non-hydrogen) atoms. The Labute approximate surface area is 124 Å². The van der Waals surface area contributed by atoms with Gasteiger partial charge in [0.05, 0.1) is 6.61 Å². The van der Waals surface area contributed by atoms with E-state index in [-0.39, 0.29) is 0 Å². The molecule has 2 aliphatic rings. The van der Waals surface area contributed by atoms with Crippen LogP contribution in [0.25, 0.3) is 0 Å². The lowest BCUT2D eigenvalue weighted by molar-refractivity contribution is 0.194. The quantitative estimate of drug-likeness (QED) is 0.834. The lowest BCUT2D eigenvalue weighted by atomic mass is 10.0. The SMILES string of the molecule is C1CC1.O=C(O)NCCCc1c(Cl)ccc2c1CCO2. The second kappa shape index (κ2) is 7.39. The van der Waals surface area contributed by atoms with Crippen LogP contribution in [-0.4, -0.2) is 24.4 Å². The highest BCUT2D eigenvalue weighted by molar-refractivity contribution is 6.31. The largest absolute Gasteiger partial charge is 0.493 e. The molecule has 0 atom stereocenters. The number of benzene rings is 1. The first kappa shape index (κ1) is 15.0. The van der Waals surface area contributed by atoms with Gasteiger partial charge in [-0.1, -0.05) is 30.9 Å². The maximum Gasteiger partial charge on any atom is 0.404 e. The minimum absolute atomic E-state index is 0.441. The second-order valence-corrected chi connectivity index (χ2v) is 5.40. The third-order valence-electron chi connectivity index (χ3n) is 3.17. The summed E-state index contributed by atoms with van der Waals surface area (Å²) in [5, 5.41) is 11.5. The number of halogens is 1. The zero-order chi connectivity index (χ0) is 14.4. The highest BCUT2D eigenvalue weighted by Gasteiger charge is 2.18. The van der Waals surface area contributed by atoms with Gasteiger partial charge in [0, 0.05) is 23.6 Å². The molecule has 1 aliphatic heterocycles. The fraction of sp³-hybridized carbons (Fsp3) is 0.533. The van der Waals surface area contributed by atoms with Gasteiger partial charge in [0.15, 0.2) is 0 Å². The zero-order valence-corrected chi connectivity index (χ0v) is 12.2. The van der Waals surface area contributed by atoms with Crippen molar-refractivity contribution in [2.75, 3.05) is 13.2 Å². The summed E-state index contributed by atoms with van der Waals surface area (Å²) >= 11 is 6.16. The first-order chi connectivity index (χ1) is 9.68. The fourth-order valence-electron chi connectivity index (χ4n) is 2.05. The highest BCUT2D eigenvalue weighted by atomic mass is 35.5. The molecule has 110 valence electrons. The van der Waals surface area contributed by atoms with Gasteiger partial charge in [-0.3, -0.25) is 0 Å². The summed E-state index contributed by atoms with van der Waals surface area (Å²) in [6.07, 6.45) is 5.91. The lowest BCUT2D eigenvalue weighted by Crippen LogP contribution is -2.22. The minimum atomic E-state index is -0.988. The van der Waals surface area contributed by atoms with Gasteiger partial charge < -0.3 is 15.2 Å². The summed E-state index contributed by atoms with van der Waals surface area (Å²) in [4.78, 5) is 10.3. The molecule has 1 heterocycles. The van der Waals surface area contributed by atoms with Crippen molar-refractivity contribution in [2.24, 2.45) is 0 Å². The maximum atomic E-state index is 10.3. The average Bonchev–Trinajstić information content (AvgIpc) is 3.22. The molecule has 0 unspecified atom stereocenters.